The van der Waals surface area contributed by atoms with Crippen LogP contribution in [0.15, 0.2) is 60.7 Å². The molecule has 1 fully saturated rings. The van der Waals surface area contributed by atoms with Gasteiger partial charge >= 0.3 is 5.97 Å². The van der Waals surface area contributed by atoms with Crippen LogP contribution in [0.25, 0.3) is 0 Å². The van der Waals surface area contributed by atoms with Crippen molar-refractivity contribution >= 4 is 17.8 Å². The molecule has 6 heteroatoms. The van der Waals surface area contributed by atoms with E-state index in [1.165, 1.54) is 0 Å². The summed E-state index contributed by atoms with van der Waals surface area (Å²) in [4.78, 5) is 38.4. The first-order valence-corrected chi connectivity index (χ1v) is 9.37. The smallest absolute Gasteiger partial charge is 0.308 e. The molecule has 3 rings (SSSR count). The number of carboxylic acid groups (broad SMARTS) is 1. The molecule has 0 radical (unpaired) electrons. The van der Waals surface area contributed by atoms with Gasteiger partial charge in [-0.05, 0) is 23.6 Å². The van der Waals surface area contributed by atoms with Crippen molar-refractivity contribution in [1.82, 2.24) is 10.2 Å². The van der Waals surface area contributed by atoms with Gasteiger partial charge in [0.2, 0.25) is 5.91 Å². The van der Waals surface area contributed by atoms with Gasteiger partial charge in [0.05, 0.1) is 18.4 Å². The predicted octanol–water partition coefficient (Wildman–Crippen LogP) is 2.73. The summed E-state index contributed by atoms with van der Waals surface area (Å²) in [6.45, 7) is 2.48. The SMILES string of the molecule is C[C@@H]1CN(C(=O)CC(NC(=O)c2ccccc2)c2ccccc2)C[C@H]1C(=O)O. The minimum absolute atomic E-state index is 0.0850. The van der Waals surface area contributed by atoms with Gasteiger partial charge < -0.3 is 15.3 Å². The van der Waals surface area contributed by atoms with E-state index < -0.39 is 17.9 Å². The van der Waals surface area contributed by atoms with E-state index in [2.05, 4.69) is 5.32 Å². The van der Waals surface area contributed by atoms with Crippen molar-refractivity contribution < 1.29 is 19.5 Å². The van der Waals surface area contributed by atoms with Crippen LogP contribution in [0.4, 0.5) is 0 Å². The second kappa shape index (κ2) is 8.69. The molecule has 1 aliphatic rings. The fourth-order valence-electron chi connectivity index (χ4n) is 3.56. The van der Waals surface area contributed by atoms with E-state index in [1.807, 2.05) is 43.3 Å². The average molecular weight is 380 g/mol. The lowest BCUT2D eigenvalue weighted by atomic mass is 9.99. The zero-order valence-corrected chi connectivity index (χ0v) is 15.7. The van der Waals surface area contributed by atoms with Crippen LogP contribution < -0.4 is 5.32 Å². The molecule has 0 saturated carbocycles. The average Bonchev–Trinajstić information content (AvgIpc) is 3.11. The Morgan fingerprint density at radius 3 is 2.21 bits per heavy atom. The van der Waals surface area contributed by atoms with E-state index in [9.17, 15) is 19.5 Å². The zero-order chi connectivity index (χ0) is 20.1. The maximum atomic E-state index is 12.8. The fraction of sp³-hybridized carbons (Fsp3) is 0.318. The third-order valence-electron chi connectivity index (χ3n) is 5.20. The van der Waals surface area contributed by atoms with Gasteiger partial charge in [0.1, 0.15) is 0 Å². The number of aliphatic carboxylic acids is 1. The Bertz CT molecular complexity index is 838. The number of nitrogens with one attached hydrogen (secondary N) is 1. The van der Waals surface area contributed by atoms with Gasteiger partial charge in [-0.1, -0.05) is 55.5 Å². The first-order valence-electron chi connectivity index (χ1n) is 9.37. The van der Waals surface area contributed by atoms with Gasteiger partial charge in [-0.25, -0.2) is 0 Å². The van der Waals surface area contributed by atoms with Gasteiger partial charge in [0, 0.05) is 18.7 Å². The van der Waals surface area contributed by atoms with Crippen LogP contribution in [0.2, 0.25) is 0 Å². The molecule has 1 aliphatic heterocycles. The van der Waals surface area contributed by atoms with Crippen LogP contribution in [0.3, 0.4) is 0 Å². The van der Waals surface area contributed by atoms with E-state index in [0.29, 0.717) is 12.1 Å². The number of rotatable bonds is 6. The number of carbonyl (C=O) groups is 3. The summed E-state index contributed by atoms with van der Waals surface area (Å²) in [5, 5.41) is 12.2. The molecule has 6 nitrogen and oxygen atoms in total. The third kappa shape index (κ3) is 4.57. The standard InChI is InChI=1S/C22H24N2O4/c1-15-13-24(14-18(15)22(27)28)20(25)12-19(16-8-4-2-5-9-16)23-21(26)17-10-6-3-7-11-17/h2-11,15,18-19H,12-14H2,1H3,(H,23,26)(H,27,28)/t15-,18-,19?/m1/s1. The highest BCUT2D eigenvalue weighted by Crippen LogP contribution is 2.26. The van der Waals surface area contributed by atoms with E-state index in [-0.39, 0.29) is 30.7 Å². The highest BCUT2D eigenvalue weighted by atomic mass is 16.4. The molecule has 146 valence electrons. The Kier molecular flexibility index (Phi) is 6.09. The summed E-state index contributed by atoms with van der Waals surface area (Å²) >= 11 is 0. The fourth-order valence-corrected chi connectivity index (χ4v) is 3.56. The van der Waals surface area contributed by atoms with Crippen LogP contribution in [0.1, 0.15) is 35.3 Å². The summed E-state index contributed by atoms with van der Waals surface area (Å²) in [5.74, 6) is -1.91. The molecular weight excluding hydrogens is 356 g/mol. The first-order chi connectivity index (χ1) is 13.5. The Hall–Kier alpha value is -3.15. The van der Waals surface area contributed by atoms with Gasteiger partial charge in [0.25, 0.3) is 5.91 Å². The van der Waals surface area contributed by atoms with Crippen LogP contribution in [-0.4, -0.2) is 40.9 Å². The summed E-state index contributed by atoms with van der Waals surface area (Å²) in [7, 11) is 0. The number of nitrogens with zero attached hydrogens (tertiary/aromatic N) is 1. The van der Waals surface area contributed by atoms with Crippen molar-refractivity contribution in [2.24, 2.45) is 11.8 Å². The molecule has 2 aromatic rings. The second-order valence-electron chi connectivity index (χ2n) is 7.23. The molecule has 1 saturated heterocycles. The van der Waals surface area contributed by atoms with Gasteiger partial charge in [0.15, 0.2) is 0 Å². The van der Waals surface area contributed by atoms with Crippen molar-refractivity contribution in [3.05, 3.63) is 71.8 Å². The number of amides is 2. The summed E-state index contributed by atoms with van der Waals surface area (Å²) in [5.41, 5.74) is 1.36. The molecule has 0 aliphatic carbocycles. The van der Waals surface area contributed by atoms with E-state index in [1.54, 1.807) is 29.2 Å². The van der Waals surface area contributed by atoms with Crippen LogP contribution in [-0.2, 0) is 9.59 Å². The largest absolute Gasteiger partial charge is 0.481 e. The number of likely N-dealkylation sites (tertiary alicyclic amines) is 1. The summed E-state index contributed by atoms with van der Waals surface area (Å²) < 4.78 is 0. The minimum atomic E-state index is -0.875. The van der Waals surface area contributed by atoms with E-state index in [0.717, 1.165) is 5.56 Å². The molecule has 1 heterocycles. The highest BCUT2D eigenvalue weighted by molar-refractivity contribution is 5.94. The number of carboxylic acids is 1. The van der Waals surface area contributed by atoms with Crippen LogP contribution in [0.5, 0.6) is 0 Å². The van der Waals surface area contributed by atoms with E-state index in [4.69, 9.17) is 0 Å². The Labute approximate surface area is 164 Å². The molecule has 2 aromatic carbocycles. The number of hydrogen-bond acceptors (Lipinski definition) is 3. The molecule has 2 N–H and O–H groups in total. The third-order valence-corrected chi connectivity index (χ3v) is 5.20. The molecular formula is C22H24N2O4. The lowest BCUT2D eigenvalue weighted by Crippen LogP contribution is -2.36. The Morgan fingerprint density at radius 1 is 1.04 bits per heavy atom. The van der Waals surface area contributed by atoms with Gasteiger partial charge in [-0.2, -0.15) is 0 Å². The van der Waals surface area contributed by atoms with Crippen molar-refractivity contribution in [2.75, 3.05) is 13.1 Å². The molecule has 28 heavy (non-hydrogen) atoms. The van der Waals surface area contributed by atoms with E-state index >= 15 is 0 Å². The van der Waals surface area contributed by atoms with Crippen molar-refractivity contribution in [3.8, 4) is 0 Å². The molecule has 1 unspecified atom stereocenters. The van der Waals surface area contributed by atoms with Crippen molar-refractivity contribution in [1.29, 1.82) is 0 Å². The Morgan fingerprint density at radius 2 is 1.64 bits per heavy atom. The molecule has 2 amide bonds. The quantitative estimate of drug-likeness (QED) is 0.807. The Balaban J connectivity index is 1.74. The summed E-state index contributed by atoms with van der Waals surface area (Å²) in [6, 6.07) is 17.7. The topological polar surface area (TPSA) is 86.7 Å². The predicted molar refractivity (Wildman–Crippen MR) is 105 cm³/mol. The van der Waals surface area contributed by atoms with Crippen LogP contribution >= 0.6 is 0 Å². The lowest BCUT2D eigenvalue weighted by molar-refractivity contribution is -0.142. The highest BCUT2D eigenvalue weighted by Gasteiger charge is 2.37. The zero-order valence-electron chi connectivity index (χ0n) is 15.7. The van der Waals surface area contributed by atoms with Crippen molar-refractivity contribution in [2.45, 2.75) is 19.4 Å². The lowest BCUT2D eigenvalue weighted by Gasteiger charge is -2.23. The van der Waals surface area contributed by atoms with Gasteiger partial charge in [-0.15, -0.1) is 0 Å². The normalized spacial score (nSPS) is 19.8. The monoisotopic (exact) mass is 380 g/mol. The minimum Gasteiger partial charge on any atom is -0.481 e. The maximum Gasteiger partial charge on any atom is 0.308 e. The first kappa shape index (κ1) is 19.6. The molecule has 3 atom stereocenters. The number of hydrogen-bond donors (Lipinski definition) is 2. The number of benzene rings is 2. The second-order valence-corrected chi connectivity index (χ2v) is 7.23. The van der Waals surface area contributed by atoms with Gasteiger partial charge in [-0.3, -0.25) is 14.4 Å². The molecule has 0 bridgehead atoms. The maximum absolute atomic E-state index is 12.8. The van der Waals surface area contributed by atoms with Crippen molar-refractivity contribution in [3.63, 3.8) is 0 Å². The molecule has 0 aromatic heterocycles. The summed E-state index contributed by atoms with van der Waals surface area (Å²) in [6.07, 6.45) is 0.0850. The van der Waals surface area contributed by atoms with Crippen LogP contribution in [0, 0.1) is 11.8 Å². The number of carbonyl (C=O) groups excluding carboxylic acids is 2. The molecule has 0 spiro atoms.